The van der Waals surface area contributed by atoms with Gasteiger partial charge in [-0.2, -0.15) is 5.10 Å². The van der Waals surface area contributed by atoms with Crippen molar-refractivity contribution in [3.63, 3.8) is 0 Å². The van der Waals surface area contributed by atoms with E-state index in [0.29, 0.717) is 6.54 Å². The van der Waals surface area contributed by atoms with E-state index in [2.05, 4.69) is 11.2 Å². The number of carbonyl (C=O) groups is 1. The number of piperidine rings is 1. The van der Waals surface area contributed by atoms with E-state index in [9.17, 15) is 9.18 Å². The quantitative estimate of drug-likeness (QED) is 0.836. The Balaban J connectivity index is 1.53. The van der Waals surface area contributed by atoms with E-state index in [1.54, 1.807) is 18.2 Å². The number of benzene rings is 1. The molecule has 0 saturated carbocycles. The molecular formula is C19H24FN3O2. The first-order valence-electron chi connectivity index (χ1n) is 8.72. The van der Waals surface area contributed by atoms with Crippen LogP contribution in [0.2, 0.25) is 0 Å². The lowest BCUT2D eigenvalue weighted by Crippen LogP contribution is -2.41. The second kappa shape index (κ2) is 7.68. The van der Waals surface area contributed by atoms with Crippen LogP contribution in [0.4, 0.5) is 4.39 Å². The maximum absolute atomic E-state index is 13.5. The molecule has 1 aliphatic heterocycles. The first-order valence-corrected chi connectivity index (χ1v) is 8.72. The van der Waals surface area contributed by atoms with Crippen LogP contribution < -0.4 is 4.74 Å². The lowest BCUT2D eigenvalue weighted by Gasteiger charge is -2.33. The van der Waals surface area contributed by atoms with E-state index in [-0.39, 0.29) is 30.7 Å². The molecule has 5 nitrogen and oxygen atoms in total. The van der Waals surface area contributed by atoms with Gasteiger partial charge >= 0.3 is 0 Å². The Morgan fingerprint density at radius 2 is 2.16 bits per heavy atom. The molecule has 1 aromatic carbocycles. The van der Waals surface area contributed by atoms with Crippen LogP contribution in [0.3, 0.4) is 0 Å². The zero-order valence-corrected chi connectivity index (χ0v) is 14.7. The van der Waals surface area contributed by atoms with Crippen LogP contribution in [0, 0.1) is 19.7 Å². The summed E-state index contributed by atoms with van der Waals surface area (Å²) in [6.45, 7) is 5.63. The van der Waals surface area contributed by atoms with Gasteiger partial charge in [0.1, 0.15) is 0 Å². The molecule has 25 heavy (non-hydrogen) atoms. The highest BCUT2D eigenvalue weighted by Crippen LogP contribution is 2.23. The molecule has 0 spiro atoms. The fraction of sp³-hybridized carbons (Fsp3) is 0.474. The normalized spacial score (nSPS) is 17.6. The van der Waals surface area contributed by atoms with Crippen LogP contribution in [-0.4, -0.2) is 40.3 Å². The molecule has 1 atom stereocenters. The highest BCUT2D eigenvalue weighted by Gasteiger charge is 2.26. The number of rotatable bonds is 5. The monoisotopic (exact) mass is 345 g/mol. The standard InChI is InChI=1S/C19H24FN3O2/c1-14-12-15(2)23(21-14)16-6-5-10-22(13-16)19(24)9-11-25-18-8-4-3-7-17(18)20/h3-4,7-8,12,16H,5-6,9-11,13H2,1-2H3/t16-/m1/s1. The predicted octanol–water partition coefficient (Wildman–Crippen LogP) is 3.27. The van der Waals surface area contributed by atoms with E-state index >= 15 is 0 Å². The van der Waals surface area contributed by atoms with Crippen molar-refractivity contribution >= 4 is 5.91 Å². The number of aromatic nitrogens is 2. The van der Waals surface area contributed by atoms with Crippen molar-refractivity contribution in [2.24, 2.45) is 0 Å². The molecule has 1 saturated heterocycles. The largest absolute Gasteiger partial charge is 0.490 e. The summed E-state index contributed by atoms with van der Waals surface area (Å²) in [4.78, 5) is 14.3. The first kappa shape index (κ1) is 17.5. The van der Waals surface area contributed by atoms with Crippen LogP contribution in [0.1, 0.15) is 36.7 Å². The van der Waals surface area contributed by atoms with Crippen LogP contribution in [0.15, 0.2) is 30.3 Å². The van der Waals surface area contributed by atoms with E-state index in [1.807, 2.05) is 23.4 Å². The Morgan fingerprint density at radius 3 is 2.88 bits per heavy atom. The summed E-state index contributed by atoms with van der Waals surface area (Å²) in [5, 5.41) is 4.55. The van der Waals surface area contributed by atoms with E-state index in [0.717, 1.165) is 30.8 Å². The molecule has 134 valence electrons. The van der Waals surface area contributed by atoms with Gasteiger partial charge in [0, 0.05) is 18.8 Å². The van der Waals surface area contributed by atoms with Crippen molar-refractivity contribution in [2.45, 2.75) is 39.2 Å². The Kier molecular flexibility index (Phi) is 5.36. The third kappa shape index (κ3) is 4.18. The number of nitrogens with zero attached hydrogens (tertiary/aromatic N) is 3. The van der Waals surface area contributed by atoms with Gasteiger partial charge < -0.3 is 9.64 Å². The highest BCUT2D eigenvalue weighted by molar-refractivity contribution is 5.76. The number of carbonyl (C=O) groups excluding carboxylic acids is 1. The molecule has 3 rings (SSSR count). The molecule has 1 amide bonds. The van der Waals surface area contributed by atoms with Crippen molar-refractivity contribution in [2.75, 3.05) is 19.7 Å². The Labute approximate surface area is 147 Å². The Bertz CT molecular complexity index is 744. The summed E-state index contributed by atoms with van der Waals surface area (Å²) >= 11 is 0. The number of amides is 1. The third-order valence-corrected chi connectivity index (χ3v) is 4.55. The fourth-order valence-electron chi connectivity index (χ4n) is 3.36. The molecule has 2 heterocycles. The molecule has 0 aliphatic carbocycles. The molecule has 2 aromatic rings. The molecule has 0 radical (unpaired) electrons. The van der Waals surface area contributed by atoms with Gasteiger partial charge in [-0.25, -0.2) is 4.39 Å². The van der Waals surface area contributed by atoms with Gasteiger partial charge in [0.2, 0.25) is 5.91 Å². The number of halogens is 1. The van der Waals surface area contributed by atoms with Crippen molar-refractivity contribution in [1.82, 2.24) is 14.7 Å². The topological polar surface area (TPSA) is 47.4 Å². The van der Waals surface area contributed by atoms with Crippen molar-refractivity contribution in [1.29, 1.82) is 0 Å². The maximum atomic E-state index is 13.5. The van der Waals surface area contributed by atoms with Gasteiger partial charge in [0.15, 0.2) is 11.6 Å². The second-order valence-corrected chi connectivity index (χ2v) is 6.54. The smallest absolute Gasteiger partial charge is 0.226 e. The maximum Gasteiger partial charge on any atom is 0.226 e. The van der Waals surface area contributed by atoms with Crippen LogP contribution >= 0.6 is 0 Å². The fourth-order valence-corrected chi connectivity index (χ4v) is 3.36. The number of hydrogen-bond donors (Lipinski definition) is 0. The molecular weight excluding hydrogens is 321 g/mol. The summed E-state index contributed by atoms with van der Waals surface area (Å²) in [5.74, 6) is -0.172. The van der Waals surface area contributed by atoms with E-state index in [4.69, 9.17) is 4.74 Å². The third-order valence-electron chi connectivity index (χ3n) is 4.55. The van der Waals surface area contributed by atoms with Gasteiger partial charge in [-0.3, -0.25) is 9.48 Å². The van der Waals surface area contributed by atoms with Gasteiger partial charge in [0.25, 0.3) is 0 Å². The zero-order valence-electron chi connectivity index (χ0n) is 14.7. The lowest BCUT2D eigenvalue weighted by molar-refractivity contribution is -0.133. The highest BCUT2D eigenvalue weighted by atomic mass is 19.1. The molecule has 1 fully saturated rings. The van der Waals surface area contributed by atoms with Gasteiger partial charge in [-0.1, -0.05) is 12.1 Å². The van der Waals surface area contributed by atoms with Crippen LogP contribution in [0.25, 0.3) is 0 Å². The second-order valence-electron chi connectivity index (χ2n) is 6.54. The summed E-state index contributed by atoms with van der Waals surface area (Å²) in [6.07, 6.45) is 2.23. The summed E-state index contributed by atoms with van der Waals surface area (Å²) in [7, 11) is 0. The van der Waals surface area contributed by atoms with Crippen molar-refractivity contribution in [3.8, 4) is 5.75 Å². The molecule has 6 heteroatoms. The first-order chi connectivity index (χ1) is 12.0. The van der Waals surface area contributed by atoms with Crippen molar-refractivity contribution < 1.29 is 13.9 Å². The number of aryl methyl sites for hydroxylation is 2. The molecule has 0 bridgehead atoms. The number of para-hydroxylation sites is 1. The molecule has 1 aliphatic rings. The number of ether oxygens (including phenoxy) is 1. The van der Waals surface area contributed by atoms with Crippen molar-refractivity contribution in [3.05, 3.63) is 47.5 Å². The number of likely N-dealkylation sites (tertiary alicyclic amines) is 1. The SMILES string of the molecule is Cc1cc(C)n([C@@H]2CCCN(C(=O)CCOc3ccccc3F)C2)n1. The molecule has 0 N–H and O–H groups in total. The lowest BCUT2D eigenvalue weighted by atomic mass is 10.1. The number of hydrogen-bond acceptors (Lipinski definition) is 3. The van der Waals surface area contributed by atoms with Gasteiger partial charge in [-0.15, -0.1) is 0 Å². The molecule has 0 unspecified atom stereocenters. The van der Waals surface area contributed by atoms with Crippen LogP contribution in [-0.2, 0) is 4.79 Å². The van der Waals surface area contributed by atoms with E-state index < -0.39 is 5.82 Å². The summed E-state index contributed by atoms with van der Waals surface area (Å²) in [5.41, 5.74) is 2.12. The van der Waals surface area contributed by atoms with Gasteiger partial charge in [0.05, 0.1) is 24.8 Å². The average Bonchev–Trinajstić information content (AvgIpc) is 2.95. The average molecular weight is 345 g/mol. The minimum atomic E-state index is -0.405. The predicted molar refractivity (Wildman–Crippen MR) is 93.1 cm³/mol. The summed E-state index contributed by atoms with van der Waals surface area (Å²) in [6, 6.07) is 8.52. The minimum absolute atomic E-state index is 0.0440. The Hall–Kier alpha value is -2.37. The van der Waals surface area contributed by atoms with Gasteiger partial charge in [-0.05, 0) is 44.9 Å². The minimum Gasteiger partial charge on any atom is -0.490 e. The summed E-state index contributed by atoms with van der Waals surface area (Å²) < 4.78 is 20.9. The molecule has 1 aromatic heterocycles. The Morgan fingerprint density at radius 1 is 1.36 bits per heavy atom. The zero-order chi connectivity index (χ0) is 17.8. The van der Waals surface area contributed by atoms with E-state index in [1.165, 1.54) is 6.07 Å². The van der Waals surface area contributed by atoms with Crippen LogP contribution in [0.5, 0.6) is 5.75 Å².